The number of nitrogens with one attached hydrogen (secondary N) is 1. The van der Waals surface area contributed by atoms with Crippen LogP contribution in [0.2, 0.25) is 0 Å². The number of ether oxygens (including phenoxy) is 1. The van der Waals surface area contributed by atoms with E-state index < -0.39 is 0 Å². The first-order valence-electron chi connectivity index (χ1n) is 6.50. The van der Waals surface area contributed by atoms with Crippen molar-refractivity contribution in [1.29, 1.82) is 0 Å². The smallest absolute Gasteiger partial charge is 0.220 e. The molecule has 4 heteroatoms. The van der Waals surface area contributed by atoms with Gasteiger partial charge in [-0.15, -0.1) is 0 Å². The highest BCUT2D eigenvalue weighted by Crippen LogP contribution is 2.07. The molecule has 102 valence electrons. The monoisotopic (exact) mass is 260 g/mol. The van der Waals surface area contributed by atoms with Crippen molar-refractivity contribution in [1.82, 2.24) is 10.3 Å². The van der Waals surface area contributed by atoms with Crippen LogP contribution in [0.25, 0.3) is 0 Å². The Balaban J connectivity index is 2.14. The van der Waals surface area contributed by atoms with Gasteiger partial charge in [-0.05, 0) is 25.5 Å². The third-order valence-electron chi connectivity index (χ3n) is 2.45. The van der Waals surface area contributed by atoms with Gasteiger partial charge in [-0.3, -0.25) is 9.78 Å². The molecule has 1 aromatic rings. The van der Waals surface area contributed by atoms with Crippen molar-refractivity contribution in [3.8, 4) is 17.6 Å². The molecule has 0 fully saturated rings. The lowest BCUT2D eigenvalue weighted by Gasteiger charge is -2.01. The van der Waals surface area contributed by atoms with Crippen molar-refractivity contribution in [2.75, 3.05) is 13.2 Å². The standard InChI is InChI=1S/C15H20N2O2/c1-3-4-7-15(18)16-10-5-6-11-19-14-9-8-13(2)17-12-14/h8-9,12H,3-4,7,10-11H2,1-2H3,(H,16,18). The van der Waals surface area contributed by atoms with E-state index in [0.717, 1.165) is 18.5 Å². The van der Waals surface area contributed by atoms with Crippen LogP contribution in [-0.2, 0) is 4.79 Å². The van der Waals surface area contributed by atoms with Gasteiger partial charge in [-0.1, -0.05) is 25.2 Å². The van der Waals surface area contributed by atoms with Gasteiger partial charge in [0.1, 0.15) is 12.4 Å². The van der Waals surface area contributed by atoms with Crippen molar-refractivity contribution in [2.24, 2.45) is 0 Å². The maximum absolute atomic E-state index is 11.3. The van der Waals surface area contributed by atoms with Crippen LogP contribution in [0.5, 0.6) is 5.75 Å². The first-order chi connectivity index (χ1) is 9.22. The van der Waals surface area contributed by atoms with E-state index in [-0.39, 0.29) is 5.91 Å². The number of unbranched alkanes of at least 4 members (excludes halogenated alkanes) is 1. The summed E-state index contributed by atoms with van der Waals surface area (Å²) in [6, 6.07) is 3.74. The first kappa shape index (κ1) is 15.0. The molecule has 0 saturated heterocycles. The second-order valence-corrected chi connectivity index (χ2v) is 4.16. The van der Waals surface area contributed by atoms with Crippen molar-refractivity contribution in [2.45, 2.75) is 33.1 Å². The Morgan fingerprint density at radius 2 is 2.26 bits per heavy atom. The molecule has 0 radical (unpaired) electrons. The SMILES string of the molecule is CCCCC(=O)NCC#CCOc1ccc(C)nc1. The average Bonchev–Trinajstić information content (AvgIpc) is 2.42. The third-order valence-corrected chi connectivity index (χ3v) is 2.45. The number of hydrogen-bond acceptors (Lipinski definition) is 3. The van der Waals surface area contributed by atoms with Crippen LogP contribution in [0.4, 0.5) is 0 Å². The van der Waals surface area contributed by atoms with Crippen molar-refractivity contribution >= 4 is 5.91 Å². The largest absolute Gasteiger partial charge is 0.479 e. The number of aryl methyl sites for hydroxylation is 1. The topological polar surface area (TPSA) is 51.2 Å². The van der Waals surface area contributed by atoms with Gasteiger partial charge in [0.2, 0.25) is 5.91 Å². The molecule has 0 bridgehead atoms. The first-order valence-corrected chi connectivity index (χ1v) is 6.50. The molecule has 0 aliphatic rings. The number of amides is 1. The highest BCUT2D eigenvalue weighted by Gasteiger charge is 1.96. The van der Waals surface area contributed by atoms with E-state index in [1.54, 1.807) is 6.20 Å². The fourth-order valence-electron chi connectivity index (χ4n) is 1.34. The fraction of sp³-hybridized carbons (Fsp3) is 0.467. The number of pyridine rings is 1. The van der Waals surface area contributed by atoms with Crippen LogP contribution in [0.1, 0.15) is 31.9 Å². The highest BCUT2D eigenvalue weighted by molar-refractivity contribution is 5.76. The molecular weight excluding hydrogens is 240 g/mol. The fourth-order valence-corrected chi connectivity index (χ4v) is 1.34. The molecule has 0 aliphatic heterocycles. The van der Waals surface area contributed by atoms with Crippen molar-refractivity contribution in [3.63, 3.8) is 0 Å². The Labute approximate surface area is 114 Å². The van der Waals surface area contributed by atoms with E-state index in [1.165, 1.54) is 0 Å². The quantitative estimate of drug-likeness (QED) is 0.797. The van der Waals surface area contributed by atoms with Crippen LogP contribution in [0.3, 0.4) is 0 Å². The zero-order chi connectivity index (χ0) is 13.9. The second-order valence-electron chi connectivity index (χ2n) is 4.16. The Morgan fingerprint density at radius 1 is 1.42 bits per heavy atom. The van der Waals surface area contributed by atoms with Gasteiger partial charge in [0.25, 0.3) is 0 Å². The minimum atomic E-state index is 0.0554. The summed E-state index contributed by atoms with van der Waals surface area (Å²) in [6.45, 7) is 4.66. The van der Waals surface area contributed by atoms with E-state index >= 15 is 0 Å². The van der Waals surface area contributed by atoms with E-state index in [0.29, 0.717) is 25.3 Å². The van der Waals surface area contributed by atoms with Crippen LogP contribution < -0.4 is 10.1 Å². The second kappa shape index (κ2) is 8.98. The Morgan fingerprint density at radius 3 is 2.95 bits per heavy atom. The number of nitrogens with zero attached hydrogens (tertiary/aromatic N) is 1. The van der Waals surface area contributed by atoms with Crippen LogP contribution in [0.15, 0.2) is 18.3 Å². The van der Waals surface area contributed by atoms with Crippen LogP contribution in [-0.4, -0.2) is 24.0 Å². The van der Waals surface area contributed by atoms with Crippen LogP contribution >= 0.6 is 0 Å². The van der Waals surface area contributed by atoms with E-state index in [9.17, 15) is 4.79 Å². The summed E-state index contributed by atoms with van der Waals surface area (Å²) >= 11 is 0. The lowest BCUT2D eigenvalue weighted by molar-refractivity contribution is -0.120. The Hall–Kier alpha value is -2.02. The summed E-state index contributed by atoms with van der Waals surface area (Å²) in [4.78, 5) is 15.4. The molecule has 0 spiro atoms. The summed E-state index contributed by atoms with van der Waals surface area (Å²) in [6.07, 6.45) is 4.19. The van der Waals surface area contributed by atoms with Crippen molar-refractivity contribution < 1.29 is 9.53 Å². The molecule has 1 aromatic heterocycles. The summed E-state index contributed by atoms with van der Waals surface area (Å²) in [5.41, 5.74) is 0.952. The zero-order valence-corrected chi connectivity index (χ0v) is 11.5. The zero-order valence-electron chi connectivity index (χ0n) is 11.5. The molecule has 0 saturated carbocycles. The normalized spacial score (nSPS) is 9.37. The molecule has 0 aliphatic carbocycles. The summed E-state index contributed by atoms with van der Waals surface area (Å²) in [7, 11) is 0. The van der Waals surface area contributed by atoms with Gasteiger partial charge >= 0.3 is 0 Å². The number of aromatic nitrogens is 1. The van der Waals surface area contributed by atoms with Gasteiger partial charge in [0, 0.05) is 12.1 Å². The molecular formula is C15H20N2O2. The molecule has 4 nitrogen and oxygen atoms in total. The molecule has 1 N–H and O–H groups in total. The predicted molar refractivity (Wildman–Crippen MR) is 74.8 cm³/mol. The number of carbonyl (C=O) groups is 1. The minimum Gasteiger partial charge on any atom is -0.479 e. The summed E-state index contributed by atoms with van der Waals surface area (Å²) in [5.74, 6) is 6.45. The predicted octanol–water partition coefficient (Wildman–Crippen LogP) is 2.08. The number of carbonyl (C=O) groups excluding carboxylic acids is 1. The van der Waals surface area contributed by atoms with Gasteiger partial charge in [-0.2, -0.15) is 0 Å². The molecule has 0 atom stereocenters. The van der Waals surface area contributed by atoms with Gasteiger partial charge in [-0.25, -0.2) is 0 Å². The third kappa shape index (κ3) is 7.10. The molecule has 0 unspecified atom stereocenters. The summed E-state index contributed by atoms with van der Waals surface area (Å²) in [5, 5.41) is 2.74. The van der Waals surface area contributed by atoms with E-state index in [4.69, 9.17) is 4.74 Å². The minimum absolute atomic E-state index is 0.0554. The van der Waals surface area contributed by atoms with E-state index in [2.05, 4.69) is 29.1 Å². The summed E-state index contributed by atoms with van der Waals surface area (Å²) < 4.78 is 5.38. The number of hydrogen-bond donors (Lipinski definition) is 1. The Bertz CT molecular complexity index is 443. The molecule has 1 heterocycles. The van der Waals surface area contributed by atoms with E-state index in [1.807, 2.05) is 19.1 Å². The Kier molecular flexibility index (Phi) is 7.11. The maximum atomic E-state index is 11.3. The maximum Gasteiger partial charge on any atom is 0.220 e. The van der Waals surface area contributed by atoms with Gasteiger partial charge in [0.15, 0.2) is 0 Å². The lowest BCUT2D eigenvalue weighted by Crippen LogP contribution is -2.23. The van der Waals surface area contributed by atoms with Gasteiger partial charge < -0.3 is 10.1 Å². The number of rotatable bonds is 6. The lowest BCUT2D eigenvalue weighted by atomic mass is 10.2. The van der Waals surface area contributed by atoms with Crippen LogP contribution in [0, 0.1) is 18.8 Å². The molecule has 1 amide bonds. The molecule has 1 rings (SSSR count). The molecule has 0 aromatic carbocycles. The van der Waals surface area contributed by atoms with Gasteiger partial charge in [0.05, 0.1) is 12.7 Å². The molecule has 19 heavy (non-hydrogen) atoms. The highest BCUT2D eigenvalue weighted by atomic mass is 16.5. The average molecular weight is 260 g/mol. The van der Waals surface area contributed by atoms with Crippen molar-refractivity contribution in [3.05, 3.63) is 24.0 Å².